The Morgan fingerprint density at radius 3 is 2.62 bits per heavy atom. The summed E-state index contributed by atoms with van der Waals surface area (Å²) in [5, 5.41) is 10.3. The van der Waals surface area contributed by atoms with E-state index >= 15 is 0 Å². The molecule has 0 bridgehead atoms. The molecule has 6 nitrogen and oxygen atoms in total. The Kier molecular flexibility index (Phi) is 3.06. The molecule has 2 heterocycles. The van der Waals surface area contributed by atoms with Crippen molar-refractivity contribution in [1.29, 1.82) is 0 Å². The number of imidazole rings is 1. The van der Waals surface area contributed by atoms with Gasteiger partial charge in [-0.2, -0.15) is 0 Å². The van der Waals surface area contributed by atoms with Gasteiger partial charge in [-0.15, -0.1) is 0 Å². The second-order valence-electron chi connectivity index (χ2n) is 7.07. The highest BCUT2D eigenvalue weighted by Gasteiger charge is 2.47. The van der Waals surface area contributed by atoms with Crippen LogP contribution in [0.2, 0.25) is 0 Å². The maximum absolute atomic E-state index is 12.1. The van der Waals surface area contributed by atoms with Crippen molar-refractivity contribution < 1.29 is 14.6 Å². The molecular weight excluding hydrogens is 270 g/mol. The first-order valence-corrected chi connectivity index (χ1v) is 7.45. The zero-order valence-electron chi connectivity index (χ0n) is 13.1. The molecule has 1 N–H and O–H groups in total. The zero-order valence-corrected chi connectivity index (χ0v) is 13.1. The highest BCUT2D eigenvalue weighted by Crippen LogP contribution is 2.45. The van der Waals surface area contributed by atoms with E-state index in [4.69, 9.17) is 4.74 Å². The van der Waals surface area contributed by atoms with Crippen LogP contribution in [0.1, 0.15) is 50.8 Å². The van der Waals surface area contributed by atoms with E-state index in [-0.39, 0.29) is 6.09 Å². The van der Waals surface area contributed by atoms with E-state index in [0.29, 0.717) is 13.1 Å². The first-order valence-electron chi connectivity index (χ1n) is 7.45. The molecule has 3 rings (SSSR count). The number of fused-ring (bicyclic) bond motifs is 1. The third-order valence-corrected chi connectivity index (χ3v) is 4.05. The molecule has 116 valence electrons. The van der Waals surface area contributed by atoms with E-state index in [9.17, 15) is 9.90 Å². The lowest BCUT2D eigenvalue weighted by Crippen LogP contribution is -2.40. The SMILES string of the molecule is Cn1c(C2(O)CC2)nc2c1CCN(C(=O)OC(C)(C)C)C2. The number of hydrogen-bond acceptors (Lipinski definition) is 4. The lowest BCUT2D eigenvalue weighted by molar-refractivity contribution is 0.0220. The summed E-state index contributed by atoms with van der Waals surface area (Å²) in [5.41, 5.74) is 0.758. The average Bonchev–Trinajstić information content (AvgIpc) is 3.02. The van der Waals surface area contributed by atoms with E-state index in [2.05, 4.69) is 4.98 Å². The van der Waals surface area contributed by atoms with Crippen LogP contribution in [0.15, 0.2) is 0 Å². The predicted molar refractivity (Wildman–Crippen MR) is 76.7 cm³/mol. The van der Waals surface area contributed by atoms with Gasteiger partial charge < -0.3 is 19.3 Å². The Morgan fingerprint density at radius 1 is 1.38 bits per heavy atom. The van der Waals surface area contributed by atoms with Crippen molar-refractivity contribution in [2.24, 2.45) is 7.05 Å². The van der Waals surface area contributed by atoms with Crippen LogP contribution in [-0.4, -0.2) is 37.8 Å². The Labute approximate surface area is 124 Å². The molecule has 2 aliphatic rings. The number of rotatable bonds is 1. The molecule has 1 aromatic rings. The van der Waals surface area contributed by atoms with Crippen LogP contribution in [0.3, 0.4) is 0 Å². The Hall–Kier alpha value is -1.56. The predicted octanol–water partition coefficient (Wildman–Crippen LogP) is 1.69. The van der Waals surface area contributed by atoms with Gasteiger partial charge >= 0.3 is 6.09 Å². The maximum Gasteiger partial charge on any atom is 0.410 e. The minimum absolute atomic E-state index is 0.300. The standard InChI is InChI=1S/C15H23N3O3/c1-14(2,3)21-13(19)18-8-5-11-10(9-18)16-12(17(11)4)15(20)6-7-15/h20H,5-9H2,1-4H3. The monoisotopic (exact) mass is 293 g/mol. The number of ether oxygens (including phenoxy) is 1. The summed E-state index contributed by atoms with van der Waals surface area (Å²) in [7, 11) is 1.95. The number of aliphatic hydroxyl groups is 1. The second-order valence-corrected chi connectivity index (χ2v) is 7.07. The molecule has 0 radical (unpaired) electrons. The number of amides is 1. The molecule has 0 saturated heterocycles. The summed E-state index contributed by atoms with van der Waals surface area (Å²) >= 11 is 0. The molecule has 0 unspecified atom stereocenters. The summed E-state index contributed by atoms with van der Waals surface area (Å²) in [6.07, 6.45) is 1.98. The van der Waals surface area contributed by atoms with Crippen molar-refractivity contribution in [1.82, 2.24) is 14.5 Å². The van der Waals surface area contributed by atoms with Crippen LogP contribution in [0.4, 0.5) is 4.79 Å². The topological polar surface area (TPSA) is 67.6 Å². The minimum Gasteiger partial charge on any atom is -0.444 e. The highest BCUT2D eigenvalue weighted by molar-refractivity contribution is 5.68. The van der Waals surface area contributed by atoms with Crippen LogP contribution in [0.25, 0.3) is 0 Å². The van der Waals surface area contributed by atoms with Gasteiger partial charge in [-0.3, -0.25) is 0 Å². The van der Waals surface area contributed by atoms with E-state index in [0.717, 1.165) is 36.5 Å². The molecule has 1 aromatic heterocycles. The van der Waals surface area contributed by atoms with Crippen molar-refractivity contribution in [3.05, 3.63) is 17.2 Å². The Balaban J connectivity index is 1.78. The Bertz CT molecular complexity index is 582. The first kappa shape index (κ1) is 14.4. The zero-order chi connectivity index (χ0) is 15.4. The van der Waals surface area contributed by atoms with Gasteiger partial charge in [0.25, 0.3) is 0 Å². The summed E-state index contributed by atoms with van der Waals surface area (Å²) in [6.45, 7) is 6.67. The summed E-state index contributed by atoms with van der Waals surface area (Å²) < 4.78 is 7.41. The lowest BCUT2D eigenvalue weighted by Gasteiger charge is -2.29. The molecule has 1 saturated carbocycles. The average molecular weight is 293 g/mol. The second kappa shape index (κ2) is 4.47. The number of carbonyl (C=O) groups excluding carboxylic acids is 1. The summed E-state index contributed by atoms with van der Waals surface area (Å²) in [6, 6.07) is 0. The van der Waals surface area contributed by atoms with Gasteiger partial charge in [-0.25, -0.2) is 9.78 Å². The number of carbonyl (C=O) groups is 1. The third-order valence-electron chi connectivity index (χ3n) is 4.05. The molecule has 1 aliphatic carbocycles. The molecule has 0 spiro atoms. The van der Waals surface area contributed by atoms with Crippen molar-refractivity contribution in [2.75, 3.05) is 6.54 Å². The maximum atomic E-state index is 12.1. The minimum atomic E-state index is -0.747. The van der Waals surface area contributed by atoms with Gasteiger partial charge in [0.05, 0.1) is 12.2 Å². The van der Waals surface area contributed by atoms with E-state index in [1.54, 1.807) is 4.90 Å². The van der Waals surface area contributed by atoms with Crippen LogP contribution < -0.4 is 0 Å². The van der Waals surface area contributed by atoms with E-state index in [1.807, 2.05) is 32.4 Å². The molecule has 1 fully saturated rings. The lowest BCUT2D eigenvalue weighted by atomic mass is 10.1. The molecule has 1 amide bonds. The van der Waals surface area contributed by atoms with Gasteiger partial charge in [-0.1, -0.05) is 0 Å². The van der Waals surface area contributed by atoms with Crippen LogP contribution in [-0.2, 0) is 30.4 Å². The third kappa shape index (κ3) is 2.64. The van der Waals surface area contributed by atoms with Crippen LogP contribution in [0, 0.1) is 0 Å². The first-order chi connectivity index (χ1) is 9.70. The quantitative estimate of drug-likeness (QED) is 0.855. The van der Waals surface area contributed by atoms with Gasteiger partial charge in [0.15, 0.2) is 0 Å². The fraction of sp³-hybridized carbons (Fsp3) is 0.733. The summed E-state index contributed by atoms with van der Waals surface area (Å²) in [5.74, 6) is 0.735. The fourth-order valence-corrected chi connectivity index (χ4v) is 2.77. The van der Waals surface area contributed by atoms with Gasteiger partial charge in [0.1, 0.15) is 17.0 Å². The van der Waals surface area contributed by atoms with E-state index < -0.39 is 11.2 Å². The fourth-order valence-electron chi connectivity index (χ4n) is 2.77. The number of hydrogen-bond donors (Lipinski definition) is 1. The normalized spacial score (nSPS) is 20.1. The Morgan fingerprint density at radius 2 is 2.05 bits per heavy atom. The van der Waals surface area contributed by atoms with Crippen LogP contribution in [0.5, 0.6) is 0 Å². The molecule has 6 heteroatoms. The van der Waals surface area contributed by atoms with Gasteiger partial charge in [0.2, 0.25) is 0 Å². The van der Waals surface area contributed by atoms with Crippen LogP contribution >= 0.6 is 0 Å². The molecule has 1 aliphatic heterocycles. The highest BCUT2D eigenvalue weighted by atomic mass is 16.6. The number of aromatic nitrogens is 2. The van der Waals surface area contributed by atoms with Crippen molar-refractivity contribution >= 4 is 6.09 Å². The van der Waals surface area contributed by atoms with Gasteiger partial charge in [0, 0.05) is 25.7 Å². The van der Waals surface area contributed by atoms with E-state index in [1.165, 1.54) is 0 Å². The van der Waals surface area contributed by atoms with Crippen molar-refractivity contribution in [3.8, 4) is 0 Å². The summed E-state index contributed by atoms with van der Waals surface area (Å²) in [4.78, 5) is 18.4. The van der Waals surface area contributed by atoms with Gasteiger partial charge in [-0.05, 0) is 33.6 Å². The molecule has 0 aromatic carbocycles. The molecular formula is C15H23N3O3. The van der Waals surface area contributed by atoms with Crippen molar-refractivity contribution in [3.63, 3.8) is 0 Å². The smallest absolute Gasteiger partial charge is 0.410 e. The molecule has 21 heavy (non-hydrogen) atoms. The molecule has 0 atom stereocenters. The largest absolute Gasteiger partial charge is 0.444 e. The number of nitrogens with zero attached hydrogens (tertiary/aromatic N) is 3. The van der Waals surface area contributed by atoms with Crippen molar-refractivity contribution in [2.45, 2.75) is 57.8 Å².